The highest BCUT2D eigenvalue weighted by Crippen LogP contribution is 2.09. The molecule has 0 fully saturated rings. The van der Waals surface area contributed by atoms with Crippen LogP contribution in [0, 0.1) is 0 Å². The van der Waals surface area contributed by atoms with Crippen LogP contribution in [-0.4, -0.2) is 148 Å². The number of hydrogen-bond acceptors (Lipinski definition) is 14. The predicted octanol–water partition coefficient (Wildman–Crippen LogP) is -6.54. The summed E-state index contributed by atoms with van der Waals surface area (Å²) in [5, 5.41) is 52.6. The van der Waals surface area contributed by atoms with Crippen molar-refractivity contribution < 1.29 is 63.6 Å². The Labute approximate surface area is 350 Å². The largest absolute Gasteiger partial charge is 0.481 e. The SMILES string of the molecule is C[C@@H](O)[C@H](NC(=O)[C@H](CCCCN)NC(=O)[C@H](CO)NC(=O)[C@H](CCCN=C(N)N)NC(=O)[C@H](Cc1ccccc1)NC(=O)[C@H](CC(=O)O)NC(=O)[C@@H](N)CC(N)=O)C(=O)O. The molecule has 7 amide bonds. The van der Waals surface area contributed by atoms with Crippen LogP contribution in [0.1, 0.15) is 57.4 Å². The van der Waals surface area contributed by atoms with Crippen LogP contribution in [0.3, 0.4) is 0 Å². The van der Waals surface area contributed by atoms with Crippen LogP contribution in [0.25, 0.3) is 0 Å². The molecule has 340 valence electrons. The molecule has 0 aliphatic rings. The molecule has 0 aromatic heterocycles. The number of aliphatic hydroxyl groups excluding tert-OH is 2. The van der Waals surface area contributed by atoms with E-state index in [-0.39, 0.29) is 51.2 Å². The van der Waals surface area contributed by atoms with Gasteiger partial charge in [0.15, 0.2) is 12.0 Å². The van der Waals surface area contributed by atoms with E-state index >= 15 is 0 Å². The van der Waals surface area contributed by atoms with Gasteiger partial charge in [-0.1, -0.05) is 30.3 Å². The van der Waals surface area contributed by atoms with Gasteiger partial charge in [-0.2, -0.15) is 0 Å². The fourth-order valence-corrected chi connectivity index (χ4v) is 5.49. The van der Waals surface area contributed by atoms with E-state index in [2.05, 4.69) is 36.9 Å². The number of primary amides is 1. The van der Waals surface area contributed by atoms with Gasteiger partial charge in [-0.25, -0.2) is 4.79 Å². The minimum atomic E-state index is -1.80. The molecule has 0 aliphatic carbocycles. The number of amides is 7. The second kappa shape index (κ2) is 27.3. The van der Waals surface area contributed by atoms with Crippen molar-refractivity contribution in [1.29, 1.82) is 0 Å². The van der Waals surface area contributed by atoms with Gasteiger partial charge in [-0.3, -0.25) is 43.3 Å². The Morgan fingerprint density at radius 3 is 1.66 bits per heavy atom. The molecular weight excluding hydrogens is 808 g/mol. The maximum atomic E-state index is 14.0. The van der Waals surface area contributed by atoms with E-state index in [0.717, 1.165) is 6.92 Å². The molecule has 0 saturated heterocycles. The fourth-order valence-electron chi connectivity index (χ4n) is 5.49. The first-order valence-corrected chi connectivity index (χ1v) is 19.1. The summed E-state index contributed by atoms with van der Waals surface area (Å²) >= 11 is 0. The summed E-state index contributed by atoms with van der Waals surface area (Å²) in [6.07, 6.45) is -2.86. The summed E-state index contributed by atoms with van der Waals surface area (Å²) in [7, 11) is 0. The van der Waals surface area contributed by atoms with Crippen LogP contribution < -0.4 is 60.6 Å². The van der Waals surface area contributed by atoms with Crippen molar-refractivity contribution in [2.24, 2.45) is 33.7 Å². The topological polar surface area (TPSA) is 449 Å². The van der Waals surface area contributed by atoms with Gasteiger partial charge in [-0.15, -0.1) is 0 Å². The van der Waals surface area contributed by atoms with Crippen molar-refractivity contribution in [3.63, 3.8) is 0 Å². The third kappa shape index (κ3) is 20.4. The molecule has 0 unspecified atom stereocenters. The molecule has 1 aromatic carbocycles. The normalized spacial score (nSPS) is 14.8. The standard InChI is InChI=1S/C36H58N12O13/c1-18(50)28(35(60)61)48-31(56)21(10-5-6-12-37)44-34(59)25(17-49)47-30(55)22(11-7-13-42-36(40)41)43-32(57)23(14-19-8-3-2-4-9-19)46-33(58)24(16-27(52)53)45-29(54)20(38)15-26(39)51/h2-4,8-9,18,20-25,28,49-50H,5-7,10-17,37-38H2,1H3,(H2,39,51)(H,43,57)(H,44,59)(H,45,54)(H,46,58)(H,47,55)(H,48,56)(H,52,53)(H,60,61)(H4,40,41,42)/t18-,20+,21+,22+,23+,24+,25+,28+/m1/s1. The van der Waals surface area contributed by atoms with E-state index in [1.807, 2.05) is 0 Å². The Morgan fingerprint density at radius 2 is 1.15 bits per heavy atom. The number of guanidine groups is 1. The van der Waals surface area contributed by atoms with Crippen molar-refractivity contribution in [1.82, 2.24) is 31.9 Å². The number of rotatable bonds is 29. The lowest BCUT2D eigenvalue weighted by molar-refractivity contribution is -0.145. The van der Waals surface area contributed by atoms with Gasteiger partial charge in [0.1, 0.15) is 30.2 Å². The number of nitrogens with two attached hydrogens (primary N) is 5. The average molecular weight is 867 g/mol. The minimum Gasteiger partial charge on any atom is -0.481 e. The maximum absolute atomic E-state index is 14.0. The highest BCUT2D eigenvalue weighted by atomic mass is 16.4. The second-order valence-corrected chi connectivity index (χ2v) is 13.9. The second-order valence-electron chi connectivity index (χ2n) is 13.9. The highest BCUT2D eigenvalue weighted by Gasteiger charge is 2.35. The molecule has 0 radical (unpaired) electrons. The molecule has 0 saturated carbocycles. The van der Waals surface area contributed by atoms with Crippen molar-refractivity contribution in [2.75, 3.05) is 19.7 Å². The van der Waals surface area contributed by atoms with Crippen molar-refractivity contribution in [3.05, 3.63) is 35.9 Å². The number of unbranched alkanes of at least 4 members (excludes halogenated alkanes) is 1. The molecule has 0 spiro atoms. The predicted molar refractivity (Wildman–Crippen MR) is 215 cm³/mol. The Morgan fingerprint density at radius 1 is 0.656 bits per heavy atom. The molecule has 61 heavy (non-hydrogen) atoms. The van der Waals surface area contributed by atoms with Gasteiger partial charge in [0.2, 0.25) is 41.4 Å². The summed E-state index contributed by atoms with van der Waals surface area (Å²) < 4.78 is 0. The van der Waals surface area contributed by atoms with Crippen molar-refractivity contribution in [2.45, 2.75) is 107 Å². The lowest BCUT2D eigenvalue weighted by Crippen LogP contribution is -2.61. The summed E-state index contributed by atoms with van der Waals surface area (Å²) in [4.78, 5) is 119. The Hall–Kier alpha value is -6.44. The van der Waals surface area contributed by atoms with E-state index in [1.165, 1.54) is 0 Å². The zero-order chi connectivity index (χ0) is 46.2. The number of carboxylic acid groups (broad SMARTS) is 2. The van der Waals surface area contributed by atoms with Crippen LogP contribution in [0.2, 0.25) is 0 Å². The van der Waals surface area contributed by atoms with Crippen LogP contribution in [0.15, 0.2) is 35.3 Å². The van der Waals surface area contributed by atoms with Gasteiger partial charge >= 0.3 is 11.9 Å². The van der Waals surface area contributed by atoms with Crippen molar-refractivity contribution in [3.8, 4) is 0 Å². The summed E-state index contributed by atoms with van der Waals surface area (Å²) in [5.41, 5.74) is 27.6. The number of aliphatic hydroxyl groups is 2. The summed E-state index contributed by atoms with van der Waals surface area (Å²) in [5.74, 6) is -10.7. The smallest absolute Gasteiger partial charge is 0.328 e. The number of carbonyl (C=O) groups excluding carboxylic acids is 7. The Kier molecular flexibility index (Phi) is 23.6. The number of aliphatic carboxylic acids is 2. The zero-order valence-electron chi connectivity index (χ0n) is 33.6. The molecule has 25 heteroatoms. The Bertz CT molecular complexity index is 1690. The number of carboxylic acids is 2. The molecule has 1 aromatic rings. The maximum Gasteiger partial charge on any atom is 0.328 e. The van der Waals surface area contributed by atoms with Crippen LogP contribution in [0.4, 0.5) is 0 Å². The Balaban J connectivity index is 3.45. The molecular formula is C36H58N12O13. The molecule has 0 heterocycles. The highest BCUT2D eigenvalue weighted by molar-refractivity contribution is 5.98. The first kappa shape index (κ1) is 52.6. The van der Waals surface area contributed by atoms with E-state index in [4.69, 9.17) is 28.7 Å². The number of nitrogens with one attached hydrogen (secondary N) is 6. The van der Waals surface area contributed by atoms with Gasteiger partial charge in [0.05, 0.1) is 31.6 Å². The van der Waals surface area contributed by atoms with E-state index in [1.54, 1.807) is 30.3 Å². The summed E-state index contributed by atoms with van der Waals surface area (Å²) in [6.45, 7) is 0.294. The number of carbonyl (C=O) groups is 9. The van der Waals surface area contributed by atoms with Gasteiger partial charge < -0.3 is 81.0 Å². The van der Waals surface area contributed by atoms with Crippen molar-refractivity contribution >= 4 is 59.2 Å². The van der Waals surface area contributed by atoms with Gasteiger partial charge in [-0.05, 0) is 51.1 Å². The number of aliphatic imine (C=N–C) groups is 1. The molecule has 1 rings (SSSR count). The van der Waals surface area contributed by atoms with Gasteiger partial charge in [0, 0.05) is 13.0 Å². The molecule has 25 nitrogen and oxygen atoms in total. The lowest BCUT2D eigenvalue weighted by Gasteiger charge is -2.27. The number of hydrogen-bond donors (Lipinski definition) is 15. The molecule has 0 aliphatic heterocycles. The van der Waals surface area contributed by atoms with Crippen LogP contribution in [-0.2, 0) is 49.6 Å². The fraction of sp³-hybridized carbons (Fsp3) is 0.556. The first-order valence-electron chi connectivity index (χ1n) is 19.1. The van der Waals surface area contributed by atoms with Gasteiger partial charge in [0.25, 0.3) is 0 Å². The molecule has 20 N–H and O–H groups in total. The van der Waals surface area contributed by atoms with Crippen LogP contribution >= 0.6 is 0 Å². The number of nitrogens with zero attached hydrogens (tertiary/aromatic N) is 1. The molecule has 8 atom stereocenters. The molecule has 0 bridgehead atoms. The lowest BCUT2D eigenvalue weighted by atomic mass is 10.0. The third-order valence-corrected chi connectivity index (χ3v) is 8.71. The van der Waals surface area contributed by atoms with Crippen LogP contribution in [0.5, 0.6) is 0 Å². The third-order valence-electron chi connectivity index (χ3n) is 8.71. The quantitative estimate of drug-likeness (QED) is 0.0202. The monoisotopic (exact) mass is 866 g/mol. The van der Waals surface area contributed by atoms with E-state index < -0.39 is 121 Å². The zero-order valence-corrected chi connectivity index (χ0v) is 33.6. The van der Waals surface area contributed by atoms with E-state index in [0.29, 0.717) is 12.0 Å². The average Bonchev–Trinajstić information content (AvgIpc) is 3.18. The minimum absolute atomic E-state index is 0.0338. The van der Waals surface area contributed by atoms with E-state index in [9.17, 15) is 63.6 Å². The first-order chi connectivity index (χ1) is 28.7. The summed E-state index contributed by atoms with van der Waals surface area (Å²) in [6, 6.07) is -3.16. The number of benzene rings is 1.